The Bertz CT molecular complexity index is 988. The molecule has 4 heteroatoms. The average Bonchev–Trinajstić information content (AvgIpc) is 2.96. The van der Waals surface area contributed by atoms with Gasteiger partial charge < -0.3 is 9.29 Å². The van der Waals surface area contributed by atoms with E-state index in [4.69, 9.17) is 4.74 Å². The zero-order valence-electron chi connectivity index (χ0n) is 17.9. The second kappa shape index (κ2) is 9.17. The minimum Gasteiger partial charge on any atom is -0.593 e. The van der Waals surface area contributed by atoms with Crippen molar-refractivity contribution >= 4 is 11.4 Å². The molecule has 31 heavy (non-hydrogen) atoms. The summed E-state index contributed by atoms with van der Waals surface area (Å²) in [4.78, 5) is 0.832. The van der Waals surface area contributed by atoms with Crippen LogP contribution < -0.4 is 4.72 Å². The quantitative estimate of drug-likeness (QED) is 0.586. The molecule has 3 unspecified atom stereocenters. The van der Waals surface area contributed by atoms with Crippen molar-refractivity contribution in [3.8, 4) is 0 Å². The van der Waals surface area contributed by atoms with Crippen LogP contribution in [-0.4, -0.2) is 23.3 Å². The van der Waals surface area contributed by atoms with Crippen LogP contribution in [-0.2, 0) is 28.9 Å². The first-order valence-corrected chi connectivity index (χ1v) is 12.4. The number of hydrogen-bond donors (Lipinski definition) is 1. The molecular weight excluding hydrogens is 402 g/mol. The van der Waals surface area contributed by atoms with Gasteiger partial charge in [0.1, 0.15) is 0 Å². The van der Waals surface area contributed by atoms with Gasteiger partial charge in [0.25, 0.3) is 0 Å². The van der Waals surface area contributed by atoms with Gasteiger partial charge in [0.2, 0.25) is 0 Å². The van der Waals surface area contributed by atoms with E-state index in [1.54, 1.807) is 0 Å². The maximum atomic E-state index is 12.9. The molecule has 1 saturated heterocycles. The number of ether oxygens (including phenoxy) is 1. The fourth-order valence-corrected chi connectivity index (χ4v) is 6.05. The number of rotatable bonds is 4. The minimum absolute atomic E-state index is 0.0710. The Hall–Kier alpha value is -2.11. The average molecular weight is 432 g/mol. The fourth-order valence-electron chi connectivity index (χ4n) is 5.02. The monoisotopic (exact) mass is 431 g/mol. The van der Waals surface area contributed by atoms with E-state index in [2.05, 4.69) is 53.3 Å². The van der Waals surface area contributed by atoms with Crippen LogP contribution in [0, 0.1) is 6.92 Å². The molecule has 3 aromatic rings. The summed E-state index contributed by atoms with van der Waals surface area (Å²) in [6, 6.07) is 25.7. The Labute approximate surface area is 188 Å². The highest BCUT2D eigenvalue weighted by molar-refractivity contribution is 7.89. The van der Waals surface area contributed by atoms with Crippen LogP contribution in [0.15, 0.2) is 77.7 Å². The van der Waals surface area contributed by atoms with Crippen molar-refractivity contribution in [2.75, 3.05) is 6.61 Å². The zero-order valence-corrected chi connectivity index (χ0v) is 18.7. The summed E-state index contributed by atoms with van der Waals surface area (Å²) in [5, 5.41) is 0. The van der Waals surface area contributed by atoms with Crippen LogP contribution in [0.4, 0.5) is 0 Å². The molecule has 0 bridgehead atoms. The molecule has 3 nitrogen and oxygen atoms in total. The van der Waals surface area contributed by atoms with E-state index in [0.717, 1.165) is 30.6 Å². The molecule has 2 aliphatic rings. The molecule has 1 N–H and O–H groups in total. The van der Waals surface area contributed by atoms with Crippen molar-refractivity contribution in [1.82, 2.24) is 4.72 Å². The molecule has 0 aromatic heterocycles. The van der Waals surface area contributed by atoms with Gasteiger partial charge in [-0.1, -0.05) is 66.2 Å². The lowest BCUT2D eigenvalue weighted by atomic mass is 9.80. The molecule has 160 valence electrons. The van der Waals surface area contributed by atoms with Gasteiger partial charge in [-0.2, -0.15) is 0 Å². The molecule has 0 spiro atoms. The first-order valence-electron chi connectivity index (χ1n) is 11.2. The third-order valence-electron chi connectivity index (χ3n) is 6.64. The number of hydrogen-bond acceptors (Lipinski definition) is 3. The van der Waals surface area contributed by atoms with Crippen LogP contribution >= 0.6 is 0 Å². The van der Waals surface area contributed by atoms with Crippen LogP contribution in [0.25, 0.3) is 0 Å². The smallest absolute Gasteiger partial charge is 0.173 e. The zero-order chi connectivity index (χ0) is 21.2. The first-order chi connectivity index (χ1) is 15.2. The molecule has 1 aliphatic carbocycles. The molecular formula is C27H29NO2S. The van der Waals surface area contributed by atoms with Gasteiger partial charge in [-0.15, -0.1) is 4.72 Å². The van der Waals surface area contributed by atoms with E-state index in [1.165, 1.54) is 27.8 Å². The van der Waals surface area contributed by atoms with Gasteiger partial charge in [-0.25, -0.2) is 0 Å². The van der Waals surface area contributed by atoms with Crippen molar-refractivity contribution in [3.63, 3.8) is 0 Å². The highest BCUT2D eigenvalue weighted by Gasteiger charge is 2.36. The van der Waals surface area contributed by atoms with E-state index < -0.39 is 11.4 Å². The maximum Gasteiger partial charge on any atom is 0.173 e. The van der Waals surface area contributed by atoms with Crippen molar-refractivity contribution in [3.05, 3.63) is 101 Å². The molecule has 1 heterocycles. The normalized spacial score (nSPS) is 22.3. The van der Waals surface area contributed by atoms with Crippen molar-refractivity contribution < 1.29 is 9.29 Å². The topological polar surface area (TPSA) is 44.3 Å². The summed E-state index contributed by atoms with van der Waals surface area (Å²) in [5.74, 6) is 0.215. The molecule has 5 rings (SSSR count). The Morgan fingerprint density at radius 2 is 1.48 bits per heavy atom. The van der Waals surface area contributed by atoms with Crippen LogP contribution in [0.3, 0.4) is 0 Å². The summed E-state index contributed by atoms with van der Waals surface area (Å²) in [6.07, 6.45) is 3.93. The third-order valence-corrected chi connectivity index (χ3v) is 7.89. The van der Waals surface area contributed by atoms with Crippen molar-refractivity contribution in [2.24, 2.45) is 0 Å². The van der Waals surface area contributed by atoms with Gasteiger partial charge in [-0.3, -0.25) is 0 Å². The van der Waals surface area contributed by atoms with Gasteiger partial charge in [0.15, 0.2) is 4.90 Å². The Morgan fingerprint density at radius 3 is 2.13 bits per heavy atom. The second-order valence-corrected chi connectivity index (χ2v) is 9.95. The Balaban J connectivity index is 1.40. The van der Waals surface area contributed by atoms with E-state index >= 15 is 0 Å². The summed E-state index contributed by atoms with van der Waals surface area (Å²) in [7, 11) is 0. The number of aryl methyl sites for hydroxylation is 3. The van der Waals surface area contributed by atoms with E-state index in [-0.39, 0.29) is 18.1 Å². The molecule has 3 aromatic carbocycles. The molecule has 3 atom stereocenters. The molecule has 0 amide bonds. The third kappa shape index (κ3) is 4.44. The second-order valence-electron chi connectivity index (χ2n) is 8.71. The van der Waals surface area contributed by atoms with Crippen LogP contribution in [0.1, 0.15) is 46.6 Å². The molecule has 1 fully saturated rings. The van der Waals surface area contributed by atoms with E-state index in [0.29, 0.717) is 6.61 Å². The summed E-state index contributed by atoms with van der Waals surface area (Å²) >= 11 is -1.21. The van der Waals surface area contributed by atoms with Crippen molar-refractivity contribution in [2.45, 2.75) is 55.6 Å². The number of nitrogens with one attached hydrogen (secondary N) is 1. The summed E-state index contributed by atoms with van der Waals surface area (Å²) in [5.41, 5.74) is 6.80. The Kier molecular flexibility index (Phi) is 6.15. The molecule has 0 saturated carbocycles. The first kappa shape index (κ1) is 20.8. The van der Waals surface area contributed by atoms with E-state index in [1.807, 2.05) is 31.2 Å². The standard InChI is InChI=1S/C27H29NO2S/c1-19-10-14-23(15-11-19)31(29)28-22-16-17-30-26(18-22)27-24-8-4-2-6-20(24)12-13-21-7-3-5-9-25(21)27/h2-11,14-15,22,26-28H,12-13,16-18H2,1H3. The molecule has 1 aliphatic heterocycles. The highest BCUT2D eigenvalue weighted by atomic mass is 32.2. The lowest BCUT2D eigenvalue weighted by molar-refractivity contribution is -0.00398. The largest absolute Gasteiger partial charge is 0.593 e. The van der Waals surface area contributed by atoms with E-state index in [9.17, 15) is 4.55 Å². The molecule has 0 radical (unpaired) electrons. The Morgan fingerprint density at radius 1 is 0.871 bits per heavy atom. The van der Waals surface area contributed by atoms with Gasteiger partial charge >= 0.3 is 0 Å². The lowest BCUT2D eigenvalue weighted by Crippen LogP contribution is -2.44. The highest BCUT2D eigenvalue weighted by Crippen LogP contribution is 2.40. The van der Waals surface area contributed by atoms with Crippen LogP contribution in [0.5, 0.6) is 0 Å². The van der Waals surface area contributed by atoms with Gasteiger partial charge in [0, 0.05) is 12.5 Å². The predicted octanol–water partition coefficient (Wildman–Crippen LogP) is 5.09. The summed E-state index contributed by atoms with van der Waals surface area (Å²) in [6.45, 7) is 2.74. The number of fused-ring (bicyclic) bond motifs is 2. The van der Waals surface area contributed by atoms with Crippen LogP contribution in [0.2, 0.25) is 0 Å². The fraction of sp³-hybridized carbons (Fsp3) is 0.333. The van der Waals surface area contributed by atoms with Gasteiger partial charge in [0.05, 0.1) is 23.5 Å². The minimum atomic E-state index is -1.21. The maximum absolute atomic E-state index is 12.9. The summed E-state index contributed by atoms with van der Waals surface area (Å²) < 4.78 is 22.7. The predicted molar refractivity (Wildman–Crippen MR) is 126 cm³/mol. The van der Waals surface area contributed by atoms with Gasteiger partial charge in [-0.05, 0) is 67.0 Å². The number of benzene rings is 3. The SMILES string of the molecule is Cc1ccc([S+]([O-])NC2CCOC(C3c4ccccc4CCc4ccccc43)C2)cc1. The lowest BCUT2D eigenvalue weighted by Gasteiger charge is -2.36. The van der Waals surface area contributed by atoms with Crippen molar-refractivity contribution in [1.29, 1.82) is 0 Å².